The molecule has 7 heteroatoms. The van der Waals surface area contributed by atoms with Gasteiger partial charge in [0, 0.05) is 22.1 Å². The Morgan fingerprint density at radius 2 is 1.90 bits per heavy atom. The first kappa shape index (κ1) is 16.9. The molecule has 0 aromatic heterocycles. The van der Waals surface area contributed by atoms with Crippen LogP contribution in [0.4, 0.5) is 4.39 Å². The molecule has 118 valence electrons. The van der Waals surface area contributed by atoms with E-state index in [1.54, 1.807) is 0 Å². The fourth-order valence-corrected chi connectivity index (χ4v) is 5.58. The van der Waals surface area contributed by atoms with Gasteiger partial charge >= 0.3 is 0 Å². The molecule has 2 atom stereocenters. The van der Waals surface area contributed by atoms with Gasteiger partial charge in [-0.25, -0.2) is 12.8 Å². The zero-order valence-electron chi connectivity index (χ0n) is 12.0. The Balaban J connectivity index is 2.56. The predicted molar refractivity (Wildman–Crippen MR) is 81.8 cm³/mol. The third-order valence-electron chi connectivity index (χ3n) is 3.92. The third-order valence-corrected chi connectivity index (χ3v) is 6.50. The van der Waals surface area contributed by atoms with Gasteiger partial charge in [0.15, 0.2) is 0 Å². The van der Waals surface area contributed by atoms with Crippen LogP contribution in [0.5, 0.6) is 0 Å². The summed E-state index contributed by atoms with van der Waals surface area (Å²) in [6, 6.07) is 2.33. The van der Waals surface area contributed by atoms with E-state index in [2.05, 4.69) is 15.9 Å². The Kier molecular flexibility index (Phi) is 5.07. The second-order valence-corrected chi connectivity index (χ2v) is 8.23. The molecular weight excluding hydrogens is 361 g/mol. The molecule has 0 aliphatic carbocycles. The quantitative estimate of drug-likeness (QED) is 0.877. The number of aliphatic hydroxyl groups excluding tert-OH is 1. The van der Waals surface area contributed by atoms with Gasteiger partial charge in [0.05, 0.1) is 6.61 Å². The summed E-state index contributed by atoms with van der Waals surface area (Å²) in [5.41, 5.74) is -0.0275. The lowest BCUT2D eigenvalue weighted by Gasteiger charge is -2.37. The standard InChI is InChI=1S/C14H19BrFNO3S/c1-9-4-3-5-10(2)17(9)21(19,20)13-7-12(15)6-11(8-18)14(13)16/h6-7,9-10,18H,3-5,8H2,1-2H3. The smallest absolute Gasteiger partial charge is 0.246 e. The van der Waals surface area contributed by atoms with Crippen molar-refractivity contribution in [2.75, 3.05) is 0 Å². The summed E-state index contributed by atoms with van der Waals surface area (Å²) in [6.07, 6.45) is 2.51. The molecule has 1 fully saturated rings. The first-order chi connectivity index (χ1) is 9.78. The molecule has 0 bridgehead atoms. The van der Waals surface area contributed by atoms with E-state index in [1.807, 2.05) is 13.8 Å². The van der Waals surface area contributed by atoms with E-state index < -0.39 is 22.4 Å². The Labute approximate surface area is 133 Å². The Bertz CT molecular complexity index is 625. The van der Waals surface area contributed by atoms with Crippen LogP contribution >= 0.6 is 15.9 Å². The van der Waals surface area contributed by atoms with Crippen molar-refractivity contribution in [2.24, 2.45) is 0 Å². The number of piperidine rings is 1. The monoisotopic (exact) mass is 379 g/mol. The maximum absolute atomic E-state index is 14.4. The van der Waals surface area contributed by atoms with Crippen LogP contribution in [-0.2, 0) is 16.6 Å². The van der Waals surface area contributed by atoms with E-state index in [9.17, 15) is 17.9 Å². The summed E-state index contributed by atoms with van der Waals surface area (Å²) in [5.74, 6) is -0.870. The minimum atomic E-state index is -3.93. The van der Waals surface area contributed by atoms with Crippen LogP contribution in [0.2, 0.25) is 0 Å². The molecule has 1 aromatic carbocycles. The number of hydrogen-bond donors (Lipinski definition) is 1. The van der Waals surface area contributed by atoms with E-state index in [0.717, 1.165) is 19.3 Å². The zero-order chi connectivity index (χ0) is 15.8. The largest absolute Gasteiger partial charge is 0.392 e. The Morgan fingerprint density at radius 1 is 1.33 bits per heavy atom. The molecule has 1 heterocycles. The van der Waals surface area contributed by atoms with Gasteiger partial charge in [-0.2, -0.15) is 4.31 Å². The number of halogens is 2. The number of nitrogens with zero attached hydrogens (tertiary/aromatic N) is 1. The number of benzene rings is 1. The minimum absolute atomic E-state index is 0.0275. The minimum Gasteiger partial charge on any atom is -0.392 e. The molecular formula is C14H19BrFNO3S. The Morgan fingerprint density at radius 3 is 2.43 bits per heavy atom. The summed E-state index contributed by atoms with van der Waals surface area (Å²) in [4.78, 5) is -0.374. The maximum Gasteiger partial charge on any atom is 0.246 e. The molecule has 1 aromatic rings. The topological polar surface area (TPSA) is 57.6 Å². The van der Waals surface area contributed by atoms with Gasteiger partial charge < -0.3 is 5.11 Å². The molecule has 2 rings (SSSR count). The van der Waals surface area contributed by atoms with E-state index in [-0.39, 0.29) is 22.5 Å². The molecule has 21 heavy (non-hydrogen) atoms. The average molecular weight is 380 g/mol. The van der Waals surface area contributed by atoms with Crippen molar-refractivity contribution >= 4 is 26.0 Å². The molecule has 1 aliphatic heterocycles. The van der Waals surface area contributed by atoms with Crippen LogP contribution in [0, 0.1) is 5.82 Å². The summed E-state index contributed by atoms with van der Waals surface area (Å²) in [7, 11) is -3.93. The lowest BCUT2D eigenvalue weighted by atomic mass is 10.0. The molecule has 1 aliphatic rings. The van der Waals surface area contributed by atoms with Crippen molar-refractivity contribution in [1.82, 2.24) is 4.31 Å². The number of hydrogen-bond acceptors (Lipinski definition) is 3. The van der Waals surface area contributed by atoms with Gasteiger partial charge in [0.25, 0.3) is 0 Å². The summed E-state index contributed by atoms with van der Waals surface area (Å²) in [6.45, 7) is 3.14. The highest BCUT2D eigenvalue weighted by Crippen LogP contribution is 2.32. The number of aliphatic hydroxyl groups is 1. The lowest BCUT2D eigenvalue weighted by molar-refractivity contribution is 0.203. The summed E-state index contributed by atoms with van der Waals surface area (Å²) in [5, 5.41) is 9.18. The van der Waals surface area contributed by atoms with Crippen molar-refractivity contribution in [3.8, 4) is 0 Å². The first-order valence-corrected chi connectivity index (χ1v) is 9.14. The molecule has 1 N–H and O–H groups in total. The van der Waals surface area contributed by atoms with Gasteiger partial charge in [-0.3, -0.25) is 0 Å². The van der Waals surface area contributed by atoms with Crippen molar-refractivity contribution in [3.05, 3.63) is 28.0 Å². The van der Waals surface area contributed by atoms with Crippen molar-refractivity contribution in [1.29, 1.82) is 0 Å². The molecule has 0 radical (unpaired) electrons. The first-order valence-electron chi connectivity index (χ1n) is 6.91. The molecule has 0 saturated carbocycles. The fraction of sp³-hybridized carbons (Fsp3) is 0.571. The molecule has 0 spiro atoms. The molecule has 0 amide bonds. The Hall–Kier alpha value is -0.500. The third kappa shape index (κ3) is 3.16. The van der Waals surface area contributed by atoms with Crippen molar-refractivity contribution < 1.29 is 17.9 Å². The number of rotatable bonds is 3. The van der Waals surface area contributed by atoms with Gasteiger partial charge in [0.1, 0.15) is 10.7 Å². The van der Waals surface area contributed by atoms with Crippen LogP contribution in [0.25, 0.3) is 0 Å². The SMILES string of the molecule is CC1CCCC(C)N1S(=O)(=O)c1cc(Br)cc(CO)c1F. The second kappa shape index (κ2) is 6.32. The van der Waals surface area contributed by atoms with Crippen molar-refractivity contribution in [3.63, 3.8) is 0 Å². The lowest BCUT2D eigenvalue weighted by Crippen LogP contribution is -2.47. The van der Waals surface area contributed by atoms with E-state index in [0.29, 0.717) is 4.47 Å². The van der Waals surface area contributed by atoms with Crippen molar-refractivity contribution in [2.45, 2.75) is 56.7 Å². The van der Waals surface area contributed by atoms with Crippen LogP contribution in [0.15, 0.2) is 21.5 Å². The van der Waals surface area contributed by atoms with Crippen LogP contribution in [-0.4, -0.2) is 29.9 Å². The number of sulfonamides is 1. The highest BCUT2D eigenvalue weighted by Gasteiger charge is 2.37. The summed E-state index contributed by atoms with van der Waals surface area (Å²) < 4.78 is 41.9. The highest BCUT2D eigenvalue weighted by atomic mass is 79.9. The zero-order valence-corrected chi connectivity index (χ0v) is 14.4. The average Bonchev–Trinajstić information content (AvgIpc) is 2.40. The highest BCUT2D eigenvalue weighted by molar-refractivity contribution is 9.10. The van der Waals surface area contributed by atoms with Gasteiger partial charge in [-0.15, -0.1) is 0 Å². The molecule has 4 nitrogen and oxygen atoms in total. The van der Waals surface area contributed by atoms with Gasteiger partial charge in [-0.1, -0.05) is 22.4 Å². The normalized spacial score (nSPS) is 24.2. The van der Waals surface area contributed by atoms with Crippen LogP contribution < -0.4 is 0 Å². The van der Waals surface area contributed by atoms with Gasteiger partial charge in [-0.05, 0) is 38.8 Å². The maximum atomic E-state index is 14.4. The molecule has 1 saturated heterocycles. The predicted octanol–water partition coefficient (Wildman–Crippen LogP) is 3.03. The van der Waals surface area contributed by atoms with E-state index in [1.165, 1.54) is 16.4 Å². The van der Waals surface area contributed by atoms with Crippen LogP contribution in [0.3, 0.4) is 0 Å². The second-order valence-electron chi connectivity index (χ2n) is 5.50. The summed E-state index contributed by atoms with van der Waals surface area (Å²) >= 11 is 3.17. The van der Waals surface area contributed by atoms with E-state index in [4.69, 9.17) is 0 Å². The van der Waals surface area contributed by atoms with Gasteiger partial charge in [0.2, 0.25) is 10.0 Å². The van der Waals surface area contributed by atoms with Crippen LogP contribution in [0.1, 0.15) is 38.7 Å². The van der Waals surface area contributed by atoms with E-state index >= 15 is 0 Å². The fourth-order valence-electron chi connectivity index (χ4n) is 2.91. The molecule has 2 unspecified atom stereocenters.